The molecule has 1 aliphatic carbocycles. The van der Waals surface area contributed by atoms with Crippen molar-refractivity contribution in [2.75, 3.05) is 6.54 Å². The first-order valence-electron chi connectivity index (χ1n) is 12.9. The average molecular weight is 593 g/mol. The number of nitrogens with zero attached hydrogens (tertiary/aromatic N) is 3. The molecule has 14 heteroatoms. The fourth-order valence-corrected chi connectivity index (χ4v) is 4.63. The number of ether oxygens (including phenoxy) is 1. The molecule has 0 saturated heterocycles. The maximum atomic E-state index is 13.4. The maximum absolute atomic E-state index is 13.4. The summed E-state index contributed by atoms with van der Waals surface area (Å²) in [5, 5.41) is 18.0. The summed E-state index contributed by atoms with van der Waals surface area (Å²) in [4.78, 5) is 17.3. The van der Waals surface area contributed by atoms with Crippen molar-refractivity contribution < 1.29 is 40.6 Å². The number of amides is 1. The van der Waals surface area contributed by atoms with Gasteiger partial charge in [0.05, 0.1) is 16.9 Å². The fraction of sp³-hybridized carbons (Fsp3) is 0.654. The molecule has 9 nitrogen and oxygen atoms in total. The lowest BCUT2D eigenvalue weighted by Gasteiger charge is -2.34. The van der Waals surface area contributed by atoms with Gasteiger partial charge in [-0.15, -0.1) is 0 Å². The fourth-order valence-electron chi connectivity index (χ4n) is 4.63. The maximum Gasteiger partial charge on any atom is 0.387 e. The third-order valence-electron chi connectivity index (χ3n) is 7.11. The number of aryl methyl sites for hydroxylation is 1. The number of aromatic nitrogens is 3. The second kappa shape index (κ2) is 14.2. The Labute approximate surface area is 234 Å². The van der Waals surface area contributed by atoms with Gasteiger partial charge < -0.3 is 15.2 Å². The van der Waals surface area contributed by atoms with Crippen LogP contribution < -0.4 is 10.1 Å². The van der Waals surface area contributed by atoms with Crippen LogP contribution in [0.3, 0.4) is 0 Å². The summed E-state index contributed by atoms with van der Waals surface area (Å²) in [6.45, 7) is 5.54. The molecule has 0 aromatic carbocycles. The standard InChI is InChI=1S/C26H36F4N4O3.O2S/c1-6-34-21(16(3)20(33-34)22(35)32-14-26(36)9-7-15(2)8-10-26)18-13-31-17(11-19(18)37-24(29)30)12-25(4,5)23(27)28;1-3-2/h11,13,15,23-24,36H,6-10,12,14H2,1-5H3,(H,32,35);. The molecule has 0 aliphatic heterocycles. The van der Waals surface area contributed by atoms with Gasteiger partial charge in [0, 0.05) is 48.4 Å². The van der Waals surface area contributed by atoms with Crippen molar-refractivity contribution in [3.05, 3.63) is 29.2 Å². The van der Waals surface area contributed by atoms with Crippen LogP contribution >= 0.6 is 0 Å². The van der Waals surface area contributed by atoms with Crippen LogP contribution in [0.15, 0.2) is 12.3 Å². The Balaban J connectivity index is 0.00000178. The van der Waals surface area contributed by atoms with Crippen LogP contribution in [0, 0.1) is 18.3 Å². The molecule has 40 heavy (non-hydrogen) atoms. The first-order chi connectivity index (χ1) is 18.7. The molecule has 1 fully saturated rings. The summed E-state index contributed by atoms with van der Waals surface area (Å²) < 4.78 is 76.1. The van der Waals surface area contributed by atoms with E-state index in [0.29, 0.717) is 36.6 Å². The summed E-state index contributed by atoms with van der Waals surface area (Å²) in [6.07, 6.45) is 1.46. The summed E-state index contributed by atoms with van der Waals surface area (Å²) >= 11 is -0.750. The number of halogens is 4. The number of carbonyl (C=O) groups is 1. The van der Waals surface area contributed by atoms with Gasteiger partial charge in [0.2, 0.25) is 6.43 Å². The molecule has 224 valence electrons. The molecule has 1 amide bonds. The highest BCUT2D eigenvalue weighted by molar-refractivity contribution is 7.51. The van der Waals surface area contributed by atoms with Gasteiger partial charge in [-0.1, -0.05) is 20.8 Å². The number of rotatable bonds is 10. The highest BCUT2D eigenvalue weighted by atomic mass is 32.1. The van der Waals surface area contributed by atoms with Gasteiger partial charge in [0.15, 0.2) is 5.69 Å². The zero-order valence-corrected chi connectivity index (χ0v) is 24.0. The summed E-state index contributed by atoms with van der Waals surface area (Å²) in [5.74, 6) is -0.190. The van der Waals surface area contributed by atoms with Crippen molar-refractivity contribution >= 4 is 17.5 Å². The first-order valence-corrected chi connectivity index (χ1v) is 13.6. The first kappa shape index (κ1) is 33.3. The van der Waals surface area contributed by atoms with Crippen molar-refractivity contribution in [1.82, 2.24) is 20.1 Å². The van der Waals surface area contributed by atoms with Crippen molar-refractivity contribution in [2.45, 2.75) is 91.9 Å². The minimum absolute atomic E-state index is 0.0855. The lowest BCUT2D eigenvalue weighted by Crippen LogP contribution is -2.45. The smallest absolute Gasteiger partial charge is 0.387 e. The SMILES string of the molecule is CCn1nc(C(=O)NCC2(O)CCC(C)CC2)c(C)c1-c1cnc(CC(C)(C)C(F)F)cc1OC(F)F.O=S=O. The third-order valence-corrected chi connectivity index (χ3v) is 7.11. The van der Waals surface area contributed by atoms with E-state index in [9.17, 15) is 27.5 Å². The molecule has 3 rings (SSSR count). The Kier molecular flexibility index (Phi) is 11.8. The average Bonchev–Trinajstić information content (AvgIpc) is 3.21. The zero-order chi connectivity index (χ0) is 30.3. The van der Waals surface area contributed by atoms with E-state index in [1.807, 2.05) is 0 Å². The molecule has 0 atom stereocenters. The van der Waals surface area contributed by atoms with E-state index >= 15 is 0 Å². The van der Waals surface area contributed by atoms with Crippen molar-refractivity contribution in [3.63, 3.8) is 0 Å². The summed E-state index contributed by atoms with van der Waals surface area (Å²) in [5.41, 5.74) is -1.16. The number of carbonyl (C=O) groups excluding carboxylic acids is 1. The molecule has 2 heterocycles. The minimum atomic E-state index is -3.16. The van der Waals surface area contributed by atoms with Gasteiger partial charge in [0.25, 0.3) is 5.91 Å². The second-order valence-corrected chi connectivity index (χ2v) is 10.9. The van der Waals surface area contributed by atoms with Crippen LogP contribution in [0.5, 0.6) is 5.75 Å². The van der Waals surface area contributed by atoms with Crippen LogP contribution in [0.4, 0.5) is 17.6 Å². The van der Waals surface area contributed by atoms with E-state index in [1.54, 1.807) is 13.8 Å². The Morgan fingerprint density at radius 1 is 1.27 bits per heavy atom. The molecule has 2 aromatic heterocycles. The second-order valence-electron chi connectivity index (χ2n) is 10.8. The highest BCUT2D eigenvalue weighted by Gasteiger charge is 2.34. The molecule has 1 aliphatic rings. The minimum Gasteiger partial charge on any atom is -0.434 e. The van der Waals surface area contributed by atoms with E-state index in [-0.39, 0.29) is 35.7 Å². The molecule has 2 aromatic rings. The monoisotopic (exact) mass is 592 g/mol. The van der Waals surface area contributed by atoms with Crippen LogP contribution in [0.1, 0.15) is 75.1 Å². The molecule has 0 bridgehead atoms. The van der Waals surface area contributed by atoms with Crippen LogP contribution in [-0.4, -0.2) is 59.4 Å². The van der Waals surface area contributed by atoms with Crippen LogP contribution in [-0.2, 0) is 24.5 Å². The van der Waals surface area contributed by atoms with Crippen LogP contribution in [0.25, 0.3) is 11.3 Å². The molecule has 1 saturated carbocycles. The normalized spacial score (nSPS) is 19.2. The van der Waals surface area contributed by atoms with Gasteiger partial charge in [0.1, 0.15) is 5.75 Å². The van der Waals surface area contributed by atoms with E-state index in [4.69, 9.17) is 13.2 Å². The van der Waals surface area contributed by atoms with E-state index in [1.165, 1.54) is 30.8 Å². The molecule has 2 N–H and O–H groups in total. The summed E-state index contributed by atoms with van der Waals surface area (Å²) in [6, 6.07) is 1.23. The summed E-state index contributed by atoms with van der Waals surface area (Å²) in [7, 11) is 0. The van der Waals surface area contributed by atoms with Gasteiger partial charge in [-0.05, 0) is 45.4 Å². The lowest BCUT2D eigenvalue weighted by atomic mass is 9.79. The Morgan fingerprint density at radius 2 is 1.88 bits per heavy atom. The third kappa shape index (κ3) is 8.56. The molecule has 0 spiro atoms. The Morgan fingerprint density at radius 3 is 2.40 bits per heavy atom. The zero-order valence-electron chi connectivity index (χ0n) is 23.2. The molecule has 0 unspecified atom stereocenters. The largest absolute Gasteiger partial charge is 0.434 e. The quantitative estimate of drug-likeness (QED) is 0.383. The number of hydrogen-bond acceptors (Lipinski definition) is 7. The predicted molar refractivity (Wildman–Crippen MR) is 140 cm³/mol. The van der Waals surface area contributed by atoms with Crippen molar-refractivity contribution in [3.8, 4) is 17.0 Å². The molecule has 0 radical (unpaired) electrons. The van der Waals surface area contributed by atoms with E-state index in [0.717, 1.165) is 12.8 Å². The topological polar surface area (TPSA) is 123 Å². The number of nitrogens with one attached hydrogen (secondary N) is 1. The van der Waals surface area contributed by atoms with Gasteiger partial charge in [-0.2, -0.15) is 22.3 Å². The number of hydrogen-bond donors (Lipinski definition) is 2. The van der Waals surface area contributed by atoms with Crippen molar-refractivity contribution in [1.29, 1.82) is 0 Å². The highest BCUT2D eigenvalue weighted by Crippen LogP contribution is 2.37. The number of pyridine rings is 1. The molecular formula is C26H36F4N4O5S. The van der Waals surface area contributed by atoms with Gasteiger partial charge in [-0.3, -0.25) is 14.5 Å². The number of aliphatic hydroxyl groups is 1. The predicted octanol–water partition coefficient (Wildman–Crippen LogP) is 4.71. The van der Waals surface area contributed by atoms with Gasteiger partial charge >= 0.3 is 18.2 Å². The molecular weight excluding hydrogens is 556 g/mol. The Hall–Kier alpha value is -2.87. The van der Waals surface area contributed by atoms with Crippen LogP contribution in [0.2, 0.25) is 0 Å². The van der Waals surface area contributed by atoms with Gasteiger partial charge in [-0.25, -0.2) is 8.78 Å². The Bertz CT molecular complexity index is 1190. The number of alkyl halides is 4. The van der Waals surface area contributed by atoms with E-state index < -0.39 is 41.5 Å². The lowest BCUT2D eigenvalue weighted by molar-refractivity contribution is -0.0496. The van der Waals surface area contributed by atoms with Crippen molar-refractivity contribution in [2.24, 2.45) is 11.3 Å². The van der Waals surface area contributed by atoms with E-state index in [2.05, 4.69) is 22.3 Å².